The highest BCUT2D eigenvalue weighted by Gasteiger charge is 2.13. The Kier molecular flexibility index (Phi) is 6.64. The first kappa shape index (κ1) is 22.0. The minimum Gasteiger partial charge on any atom is -0.363 e. The Balaban J connectivity index is 1.52. The average Bonchev–Trinajstić information content (AvgIpc) is 2.83. The van der Waals surface area contributed by atoms with Gasteiger partial charge in [0.15, 0.2) is 11.6 Å². The molecule has 3 heterocycles. The van der Waals surface area contributed by atoms with Gasteiger partial charge in [-0.15, -0.1) is 0 Å². The average molecular weight is 438 g/mol. The van der Waals surface area contributed by atoms with Crippen molar-refractivity contribution in [2.24, 2.45) is 0 Å². The second kappa shape index (κ2) is 9.96. The smallest absolute Gasteiger partial charge is 0.191 e. The first-order valence-electron chi connectivity index (χ1n) is 10.6. The van der Waals surface area contributed by atoms with E-state index in [1.807, 2.05) is 74.5 Å². The van der Waals surface area contributed by atoms with E-state index in [1.54, 1.807) is 12.4 Å². The number of halogens is 1. The summed E-state index contributed by atoms with van der Waals surface area (Å²) >= 11 is 0. The Labute approximate surface area is 192 Å². The number of nitrogens with zero attached hydrogens (tertiary/aromatic N) is 4. The molecule has 1 N–H and O–H groups in total. The highest BCUT2D eigenvalue weighted by atomic mass is 19.1. The van der Waals surface area contributed by atoms with E-state index in [0.29, 0.717) is 12.1 Å². The van der Waals surface area contributed by atoms with E-state index >= 15 is 4.39 Å². The van der Waals surface area contributed by atoms with Gasteiger partial charge in [-0.2, -0.15) is 0 Å². The molecule has 164 valence electrons. The second-order valence-corrected chi connectivity index (χ2v) is 7.65. The van der Waals surface area contributed by atoms with Gasteiger partial charge in [-0.1, -0.05) is 48.6 Å². The van der Waals surface area contributed by atoms with Crippen LogP contribution < -0.4 is 5.32 Å². The van der Waals surface area contributed by atoms with Crippen LogP contribution in [0.5, 0.6) is 0 Å². The molecule has 0 aliphatic carbocycles. The molecule has 0 bridgehead atoms. The zero-order chi connectivity index (χ0) is 23.2. The molecular formula is C27H24FN5. The van der Waals surface area contributed by atoms with Crippen LogP contribution >= 0.6 is 0 Å². The summed E-state index contributed by atoms with van der Waals surface area (Å²) in [5.41, 5.74) is 5.46. The maximum atomic E-state index is 15.2. The van der Waals surface area contributed by atoms with Gasteiger partial charge in [0.05, 0.1) is 11.2 Å². The molecule has 4 aromatic rings. The maximum absolute atomic E-state index is 15.2. The monoisotopic (exact) mass is 437 g/mol. The number of rotatable bonds is 7. The number of fused-ring (bicyclic) bond motifs is 1. The third kappa shape index (κ3) is 5.18. The lowest BCUT2D eigenvalue weighted by atomic mass is 10.1. The highest BCUT2D eigenvalue weighted by molar-refractivity contribution is 5.84. The minimum atomic E-state index is -0.495. The van der Waals surface area contributed by atoms with Crippen molar-refractivity contribution in [2.45, 2.75) is 20.4 Å². The molecular weight excluding hydrogens is 413 g/mol. The molecule has 1 aromatic carbocycles. The topological polar surface area (TPSA) is 63.6 Å². The van der Waals surface area contributed by atoms with Crippen LogP contribution in [0, 0.1) is 5.82 Å². The summed E-state index contributed by atoms with van der Waals surface area (Å²) in [5, 5.41) is 3.98. The van der Waals surface area contributed by atoms with Gasteiger partial charge in [0.2, 0.25) is 0 Å². The molecule has 0 aliphatic rings. The van der Waals surface area contributed by atoms with Crippen molar-refractivity contribution in [3.8, 4) is 11.3 Å². The first-order chi connectivity index (χ1) is 16.0. The number of benzene rings is 1. The van der Waals surface area contributed by atoms with E-state index in [4.69, 9.17) is 0 Å². The van der Waals surface area contributed by atoms with Crippen LogP contribution in [0.25, 0.3) is 27.7 Å². The third-order valence-corrected chi connectivity index (χ3v) is 4.99. The molecule has 4 rings (SSSR count). The van der Waals surface area contributed by atoms with Crippen molar-refractivity contribution in [2.75, 3.05) is 5.32 Å². The van der Waals surface area contributed by atoms with E-state index in [-0.39, 0.29) is 11.5 Å². The molecule has 0 saturated carbocycles. The number of nitrogens with one attached hydrogen (secondary N) is 1. The van der Waals surface area contributed by atoms with Gasteiger partial charge in [-0.25, -0.2) is 14.4 Å². The van der Waals surface area contributed by atoms with Crippen LogP contribution in [0.15, 0.2) is 91.6 Å². The maximum Gasteiger partial charge on any atom is 0.191 e. The van der Waals surface area contributed by atoms with Gasteiger partial charge in [-0.3, -0.25) is 9.97 Å². The lowest BCUT2D eigenvalue weighted by Crippen LogP contribution is -2.06. The quantitative estimate of drug-likeness (QED) is 0.340. The SMILES string of the molecule is C=C(C)/C=C(\C=C/C)c1ccc(CNc2ncnc(-c3ccc4ncccc4c3)c2F)cn1. The predicted molar refractivity (Wildman–Crippen MR) is 132 cm³/mol. The highest BCUT2D eigenvalue weighted by Crippen LogP contribution is 2.27. The van der Waals surface area contributed by atoms with Crippen molar-refractivity contribution in [1.82, 2.24) is 19.9 Å². The van der Waals surface area contributed by atoms with Crippen LogP contribution in [0.2, 0.25) is 0 Å². The van der Waals surface area contributed by atoms with Crippen LogP contribution in [0.1, 0.15) is 25.1 Å². The second-order valence-electron chi connectivity index (χ2n) is 7.65. The van der Waals surface area contributed by atoms with E-state index in [1.165, 1.54) is 6.33 Å². The van der Waals surface area contributed by atoms with E-state index in [2.05, 4.69) is 31.8 Å². The van der Waals surface area contributed by atoms with Gasteiger partial charge in [0.1, 0.15) is 12.0 Å². The molecule has 0 aliphatic heterocycles. The van der Waals surface area contributed by atoms with Gasteiger partial charge < -0.3 is 5.32 Å². The predicted octanol–water partition coefficient (Wildman–Crippen LogP) is 6.37. The number of aromatic nitrogens is 4. The Morgan fingerprint density at radius 3 is 2.73 bits per heavy atom. The van der Waals surface area contributed by atoms with Crippen molar-refractivity contribution >= 4 is 22.3 Å². The Morgan fingerprint density at radius 1 is 1.09 bits per heavy atom. The van der Waals surface area contributed by atoms with Crippen molar-refractivity contribution in [3.63, 3.8) is 0 Å². The first-order valence-corrected chi connectivity index (χ1v) is 10.6. The summed E-state index contributed by atoms with van der Waals surface area (Å²) in [6.45, 7) is 8.22. The normalized spacial score (nSPS) is 11.8. The lowest BCUT2D eigenvalue weighted by molar-refractivity contribution is 0.621. The molecule has 3 aromatic heterocycles. The van der Waals surface area contributed by atoms with Gasteiger partial charge in [0.25, 0.3) is 0 Å². The summed E-state index contributed by atoms with van der Waals surface area (Å²) in [7, 11) is 0. The number of pyridine rings is 2. The van der Waals surface area contributed by atoms with E-state index < -0.39 is 5.82 Å². The number of anilines is 1. The van der Waals surface area contributed by atoms with Gasteiger partial charge in [-0.05, 0) is 43.7 Å². The molecule has 33 heavy (non-hydrogen) atoms. The minimum absolute atomic E-state index is 0.146. The summed E-state index contributed by atoms with van der Waals surface area (Å²) in [4.78, 5) is 17.1. The molecule has 0 saturated heterocycles. The molecule has 6 heteroatoms. The largest absolute Gasteiger partial charge is 0.363 e. The fraction of sp³-hybridized carbons (Fsp3) is 0.111. The molecule has 0 radical (unpaired) electrons. The van der Waals surface area contributed by atoms with Crippen molar-refractivity contribution < 1.29 is 4.39 Å². The zero-order valence-electron chi connectivity index (χ0n) is 18.6. The van der Waals surface area contributed by atoms with Crippen LogP contribution in [-0.4, -0.2) is 19.9 Å². The van der Waals surface area contributed by atoms with Crippen LogP contribution in [0.4, 0.5) is 10.2 Å². The van der Waals surface area contributed by atoms with E-state index in [9.17, 15) is 0 Å². The Hall–Kier alpha value is -4.19. The number of hydrogen-bond acceptors (Lipinski definition) is 5. The lowest BCUT2D eigenvalue weighted by Gasteiger charge is -2.10. The fourth-order valence-corrected chi connectivity index (χ4v) is 3.46. The molecule has 0 fully saturated rings. The number of allylic oxidation sites excluding steroid dienone is 5. The van der Waals surface area contributed by atoms with E-state index in [0.717, 1.165) is 33.3 Å². The fourth-order valence-electron chi connectivity index (χ4n) is 3.46. The molecule has 5 nitrogen and oxygen atoms in total. The van der Waals surface area contributed by atoms with Gasteiger partial charge >= 0.3 is 0 Å². The van der Waals surface area contributed by atoms with Crippen LogP contribution in [-0.2, 0) is 6.54 Å². The number of hydrogen-bond donors (Lipinski definition) is 1. The van der Waals surface area contributed by atoms with Crippen molar-refractivity contribution in [1.29, 1.82) is 0 Å². The third-order valence-electron chi connectivity index (χ3n) is 4.99. The Bertz CT molecular complexity index is 1360. The summed E-state index contributed by atoms with van der Waals surface area (Å²) < 4.78 is 15.2. The molecule has 0 spiro atoms. The summed E-state index contributed by atoms with van der Waals surface area (Å²) in [5.74, 6) is -0.350. The molecule has 0 atom stereocenters. The van der Waals surface area contributed by atoms with Crippen LogP contribution in [0.3, 0.4) is 0 Å². The molecule has 0 unspecified atom stereocenters. The zero-order valence-corrected chi connectivity index (χ0v) is 18.6. The standard InChI is InChI=1S/C27H24FN5/c1-4-6-20(13-18(2)3)24-10-8-19(15-30-24)16-31-27-25(28)26(32-17-33-27)22-9-11-23-21(14-22)7-5-12-29-23/h4-15,17H,2,16H2,1,3H3,(H,31,32,33)/b6-4-,20-13+. The Morgan fingerprint density at radius 2 is 1.97 bits per heavy atom. The summed E-state index contributed by atoms with van der Waals surface area (Å²) in [6, 6.07) is 13.2. The molecule has 0 amide bonds. The van der Waals surface area contributed by atoms with Crippen molar-refractivity contribution in [3.05, 3.63) is 109 Å². The summed E-state index contributed by atoms with van der Waals surface area (Å²) in [6.07, 6.45) is 10.8. The van der Waals surface area contributed by atoms with Gasteiger partial charge in [0, 0.05) is 35.5 Å².